The first-order chi connectivity index (χ1) is 11.6. The van der Waals surface area contributed by atoms with Crippen molar-refractivity contribution in [3.05, 3.63) is 83.5 Å². The SMILES string of the molecule is C=CCc1cc(C)ccc1CCc1ccc(O)c(CC=C)c1NN. The van der Waals surface area contributed by atoms with Crippen LogP contribution < -0.4 is 11.3 Å². The van der Waals surface area contributed by atoms with Crippen LogP contribution in [0.4, 0.5) is 5.69 Å². The summed E-state index contributed by atoms with van der Waals surface area (Å²) in [6.07, 6.45) is 6.91. The van der Waals surface area contributed by atoms with Gasteiger partial charge in [0.2, 0.25) is 0 Å². The molecular formula is C21H26N2O. The third-order valence-corrected chi connectivity index (χ3v) is 4.26. The number of nitrogens with two attached hydrogens (primary N) is 1. The normalized spacial score (nSPS) is 10.4. The van der Waals surface area contributed by atoms with Gasteiger partial charge in [0.05, 0.1) is 5.69 Å². The molecule has 0 saturated heterocycles. The van der Waals surface area contributed by atoms with E-state index in [4.69, 9.17) is 5.84 Å². The highest BCUT2D eigenvalue weighted by atomic mass is 16.3. The van der Waals surface area contributed by atoms with Crippen molar-refractivity contribution in [2.24, 2.45) is 5.84 Å². The first-order valence-corrected chi connectivity index (χ1v) is 8.21. The minimum atomic E-state index is 0.245. The second kappa shape index (κ2) is 8.37. The Morgan fingerprint density at radius 1 is 1.00 bits per heavy atom. The molecule has 0 spiro atoms. The smallest absolute Gasteiger partial charge is 0.121 e. The molecular weight excluding hydrogens is 296 g/mol. The van der Waals surface area contributed by atoms with Gasteiger partial charge < -0.3 is 10.5 Å². The zero-order valence-corrected chi connectivity index (χ0v) is 14.3. The number of aromatic hydroxyl groups is 1. The second-order valence-corrected chi connectivity index (χ2v) is 6.00. The second-order valence-electron chi connectivity index (χ2n) is 6.00. The quantitative estimate of drug-likeness (QED) is 0.387. The number of hydrogen-bond donors (Lipinski definition) is 3. The Balaban J connectivity index is 2.28. The molecule has 0 radical (unpaired) electrons. The summed E-state index contributed by atoms with van der Waals surface area (Å²) in [7, 11) is 0. The molecule has 0 aliphatic rings. The predicted octanol–water partition coefficient (Wildman–Crippen LogP) is 4.23. The van der Waals surface area contributed by atoms with Crippen LogP contribution in [-0.4, -0.2) is 5.11 Å². The maximum atomic E-state index is 10.1. The minimum absolute atomic E-state index is 0.245. The fourth-order valence-electron chi connectivity index (χ4n) is 3.04. The molecule has 0 aromatic heterocycles. The summed E-state index contributed by atoms with van der Waals surface area (Å²) < 4.78 is 0. The van der Waals surface area contributed by atoms with Crippen LogP contribution in [0.5, 0.6) is 5.75 Å². The summed E-state index contributed by atoms with van der Waals surface area (Å²) in [5.41, 5.74) is 9.34. The van der Waals surface area contributed by atoms with Crippen LogP contribution in [-0.2, 0) is 25.7 Å². The average Bonchev–Trinajstić information content (AvgIpc) is 2.57. The predicted molar refractivity (Wildman–Crippen MR) is 102 cm³/mol. The standard InChI is InChI=1S/C21H26N2O/c1-4-6-18-14-15(3)8-9-16(18)10-11-17-12-13-20(24)19(7-5-2)21(17)23-22/h4-5,8-9,12-14,23-24H,1-2,6-7,10-11,22H2,3H3. The van der Waals surface area contributed by atoms with Crippen LogP contribution in [0, 0.1) is 6.92 Å². The number of nitrogens with one attached hydrogen (secondary N) is 1. The molecule has 126 valence electrons. The fraction of sp³-hybridized carbons (Fsp3) is 0.238. The van der Waals surface area contributed by atoms with Crippen LogP contribution in [0.2, 0.25) is 0 Å². The number of anilines is 1. The lowest BCUT2D eigenvalue weighted by molar-refractivity contribution is 0.470. The van der Waals surface area contributed by atoms with Crippen molar-refractivity contribution >= 4 is 5.69 Å². The number of rotatable bonds is 8. The molecule has 3 heteroatoms. The molecule has 3 nitrogen and oxygen atoms in total. The summed E-state index contributed by atoms with van der Waals surface area (Å²) in [6, 6.07) is 10.2. The van der Waals surface area contributed by atoms with Crippen molar-refractivity contribution in [1.29, 1.82) is 0 Å². The van der Waals surface area contributed by atoms with Gasteiger partial charge in [-0.25, -0.2) is 0 Å². The van der Waals surface area contributed by atoms with E-state index in [1.165, 1.54) is 16.7 Å². The molecule has 0 atom stereocenters. The van der Waals surface area contributed by atoms with E-state index in [0.717, 1.165) is 36.1 Å². The van der Waals surface area contributed by atoms with Gasteiger partial charge in [-0.3, -0.25) is 5.84 Å². The first-order valence-electron chi connectivity index (χ1n) is 8.21. The lowest BCUT2D eigenvalue weighted by Gasteiger charge is -2.16. The van der Waals surface area contributed by atoms with Crippen molar-refractivity contribution in [2.45, 2.75) is 32.6 Å². The van der Waals surface area contributed by atoms with Crippen LogP contribution in [0.15, 0.2) is 55.6 Å². The van der Waals surface area contributed by atoms with Crippen LogP contribution in [0.3, 0.4) is 0 Å². The molecule has 0 bridgehead atoms. The van der Waals surface area contributed by atoms with E-state index in [-0.39, 0.29) is 5.75 Å². The lowest BCUT2D eigenvalue weighted by Crippen LogP contribution is -2.12. The molecule has 4 N–H and O–H groups in total. The lowest BCUT2D eigenvalue weighted by atomic mass is 9.94. The molecule has 2 aromatic rings. The van der Waals surface area contributed by atoms with Crippen molar-refractivity contribution < 1.29 is 5.11 Å². The van der Waals surface area contributed by atoms with E-state index in [0.29, 0.717) is 6.42 Å². The molecule has 0 fully saturated rings. The molecule has 0 aliphatic carbocycles. The van der Waals surface area contributed by atoms with Crippen molar-refractivity contribution in [3.63, 3.8) is 0 Å². The van der Waals surface area contributed by atoms with Crippen LogP contribution in [0.1, 0.15) is 27.8 Å². The summed E-state index contributed by atoms with van der Waals surface area (Å²) in [5.74, 6) is 5.95. The van der Waals surface area contributed by atoms with Gasteiger partial charge in [0.1, 0.15) is 5.75 Å². The van der Waals surface area contributed by atoms with E-state index in [9.17, 15) is 5.11 Å². The van der Waals surface area contributed by atoms with E-state index in [1.54, 1.807) is 12.1 Å². The molecule has 2 rings (SSSR count). The Bertz CT molecular complexity index is 735. The Labute approximate surface area is 144 Å². The number of hydrazine groups is 1. The number of aryl methyl sites for hydroxylation is 3. The number of phenols is 1. The van der Waals surface area contributed by atoms with Gasteiger partial charge in [-0.05, 0) is 55.4 Å². The molecule has 24 heavy (non-hydrogen) atoms. The van der Waals surface area contributed by atoms with Gasteiger partial charge in [0.15, 0.2) is 0 Å². The average molecular weight is 322 g/mol. The van der Waals surface area contributed by atoms with E-state index in [1.807, 2.05) is 12.1 Å². The third kappa shape index (κ3) is 4.06. The van der Waals surface area contributed by atoms with Gasteiger partial charge in [0.25, 0.3) is 0 Å². The van der Waals surface area contributed by atoms with Crippen molar-refractivity contribution in [2.75, 3.05) is 5.43 Å². The molecule has 0 amide bonds. The molecule has 0 heterocycles. The highest BCUT2D eigenvalue weighted by Gasteiger charge is 2.12. The maximum Gasteiger partial charge on any atom is 0.121 e. The zero-order valence-electron chi connectivity index (χ0n) is 14.3. The van der Waals surface area contributed by atoms with Crippen molar-refractivity contribution in [1.82, 2.24) is 0 Å². The van der Waals surface area contributed by atoms with E-state index >= 15 is 0 Å². The number of nitrogen functional groups attached to an aromatic ring is 1. The monoisotopic (exact) mass is 322 g/mol. The van der Waals surface area contributed by atoms with Gasteiger partial charge >= 0.3 is 0 Å². The number of phenolic OH excluding ortho intramolecular Hbond substituents is 1. The third-order valence-electron chi connectivity index (χ3n) is 4.26. The molecule has 2 aromatic carbocycles. The Hall–Kier alpha value is -2.52. The molecule has 0 saturated carbocycles. The number of hydrogen-bond acceptors (Lipinski definition) is 3. The number of allylic oxidation sites excluding steroid dienone is 2. The Morgan fingerprint density at radius 2 is 1.67 bits per heavy atom. The topological polar surface area (TPSA) is 58.3 Å². The highest BCUT2D eigenvalue weighted by Crippen LogP contribution is 2.30. The molecule has 0 unspecified atom stereocenters. The summed E-state index contributed by atoms with van der Waals surface area (Å²) in [4.78, 5) is 0. The first kappa shape index (κ1) is 17.8. The summed E-state index contributed by atoms with van der Waals surface area (Å²) in [5, 5.41) is 10.1. The minimum Gasteiger partial charge on any atom is -0.508 e. The Morgan fingerprint density at radius 3 is 2.33 bits per heavy atom. The van der Waals surface area contributed by atoms with Crippen LogP contribution in [0.25, 0.3) is 0 Å². The van der Waals surface area contributed by atoms with E-state index < -0.39 is 0 Å². The fourth-order valence-corrected chi connectivity index (χ4v) is 3.04. The maximum absolute atomic E-state index is 10.1. The largest absolute Gasteiger partial charge is 0.508 e. The molecule has 0 aliphatic heterocycles. The highest BCUT2D eigenvalue weighted by molar-refractivity contribution is 5.62. The van der Waals surface area contributed by atoms with Gasteiger partial charge in [-0.2, -0.15) is 0 Å². The van der Waals surface area contributed by atoms with Gasteiger partial charge in [-0.1, -0.05) is 42.0 Å². The van der Waals surface area contributed by atoms with E-state index in [2.05, 4.69) is 43.7 Å². The summed E-state index contributed by atoms with van der Waals surface area (Å²) in [6.45, 7) is 9.70. The van der Waals surface area contributed by atoms with Crippen molar-refractivity contribution in [3.8, 4) is 5.75 Å². The summed E-state index contributed by atoms with van der Waals surface area (Å²) >= 11 is 0. The number of benzene rings is 2. The van der Waals surface area contributed by atoms with Gasteiger partial charge in [-0.15, -0.1) is 13.2 Å². The van der Waals surface area contributed by atoms with Gasteiger partial charge in [0, 0.05) is 5.56 Å². The van der Waals surface area contributed by atoms with Crippen LogP contribution >= 0.6 is 0 Å². The Kier molecular flexibility index (Phi) is 6.21. The zero-order chi connectivity index (χ0) is 17.5.